The Morgan fingerprint density at radius 2 is 1.54 bits per heavy atom. The highest BCUT2D eigenvalue weighted by Crippen LogP contribution is 2.15. The van der Waals surface area contributed by atoms with Gasteiger partial charge >= 0.3 is 0 Å². The molecule has 37 heavy (non-hydrogen) atoms. The smallest absolute Gasteiger partial charge is 0.253 e. The lowest BCUT2D eigenvalue weighted by atomic mass is 9.99. The second-order valence-corrected chi connectivity index (χ2v) is 10.6. The number of aliphatic hydroxyl groups is 1. The predicted molar refractivity (Wildman–Crippen MR) is 152 cm³/mol. The number of carbonyl (C=O) groups excluding carboxylic acids is 2. The maximum Gasteiger partial charge on any atom is 0.253 e. The number of benzene rings is 2. The monoisotopic (exact) mass is 509 g/mol. The second kappa shape index (κ2) is 15.5. The van der Waals surface area contributed by atoms with Gasteiger partial charge in [0.05, 0.1) is 12.1 Å². The molecule has 0 bridgehead atoms. The van der Waals surface area contributed by atoms with Gasteiger partial charge < -0.3 is 20.6 Å². The number of aryl methyl sites for hydroxylation is 2. The highest BCUT2D eigenvalue weighted by atomic mass is 16.3. The van der Waals surface area contributed by atoms with Crippen LogP contribution in [0.1, 0.15) is 84.4 Å². The molecule has 2 rings (SSSR count). The van der Waals surface area contributed by atoms with Crippen LogP contribution in [-0.4, -0.2) is 60.1 Å². The number of hydrogen-bond acceptors (Lipinski definition) is 4. The normalized spacial score (nSPS) is 12.9. The van der Waals surface area contributed by atoms with E-state index < -0.39 is 12.1 Å². The van der Waals surface area contributed by atoms with Crippen molar-refractivity contribution in [3.8, 4) is 0 Å². The van der Waals surface area contributed by atoms with Gasteiger partial charge in [-0.2, -0.15) is 0 Å². The average molecular weight is 510 g/mol. The zero-order chi connectivity index (χ0) is 27.4. The first-order valence-electron chi connectivity index (χ1n) is 13.8. The van der Waals surface area contributed by atoms with Gasteiger partial charge in [0.2, 0.25) is 0 Å². The SMILES string of the molecule is CCCN(CCC)C(=O)c1cc(C)cc(C(=O)N[C@@H](Cc2ccc(C)cc2)[C@H](O)CNCCC(C)C)c1. The minimum atomic E-state index is -0.757. The molecule has 2 aromatic rings. The summed E-state index contributed by atoms with van der Waals surface area (Å²) in [7, 11) is 0. The van der Waals surface area contributed by atoms with Crippen LogP contribution in [0.3, 0.4) is 0 Å². The minimum Gasteiger partial charge on any atom is -0.390 e. The van der Waals surface area contributed by atoms with E-state index in [-0.39, 0.29) is 11.8 Å². The van der Waals surface area contributed by atoms with Gasteiger partial charge in [-0.25, -0.2) is 0 Å². The standard InChI is InChI=1S/C31H47N3O3/c1-7-15-34(16-8-2)31(37)27-18-24(6)17-26(20-27)30(36)33-28(19-25-11-9-23(5)10-12-25)29(35)21-32-14-13-22(3)4/h9-12,17-18,20,22,28-29,32,35H,7-8,13-16,19,21H2,1-6H3,(H,33,36)/t28-,29+/m0/s1. The van der Waals surface area contributed by atoms with Crippen LogP contribution >= 0.6 is 0 Å². The maximum atomic E-state index is 13.4. The Balaban J connectivity index is 2.22. The zero-order valence-corrected chi connectivity index (χ0v) is 23.6. The summed E-state index contributed by atoms with van der Waals surface area (Å²) in [5.41, 5.74) is 4.03. The molecule has 0 heterocycles. The topological polar surface area (TPSA) is 81.7 Å². The van der Waals surface area contributed by atoms with E-state index in [1.54, 1.807) is 12.1 Å². The van der Waals surface area contributed by atoms with Crippen molar-refractivity contribution in [3.05, 3.63) is 70.3 Å². The molecule has 0 aliphatic carbocycles. The molecule has 0 spiro atoms. The summed E-state index contributed by atoms with van der Waals surface area (Å²) in [5, 5.41) is 17.4. The molecule has 2 atom stereocenters. The molecular weight excluding hydrogens is 462 g/mol. The van der Waals surface area contributed by atoms with Crippen LogP contribution in [0.15, 0.2) is 42.5 Å². The molecule has 0 radical (unpaired) electrons. The molecule has 6 nitrogen and oxygen atoms in total. The molecule has 0 aromatic heterocycles. The van der Waals surface area contributed by atoms with E-state index in [2.05, 4.69) is 38.3 Å². The van der Waals surface area contributed by atoms with E-state index in [0.29, 0.717) is 43.1 Å². The Morgan fingerprint density at radius 3 is 2.14 bits per heavy atom. The van der Waals surface area contributed by atoms with Gasteiger partial charge in [0, 0.05) is 30.8 Å². The Labute approximate surface area is 223 Å². The van der Waals surface area contributed by atoms with Crippen molar-refractivity contribution in [2.45, 2.75) is 79.4 Å². The number of amides is 2. The van der Waals surface area contributed by atoms with E-state index in [1.165, 1.54) is 0 Å². The third-order valence-electron chi connectivity index (χ3n) is 6.47. The molecule has 0 saturated carbocycles. The summed E-state index contributed by atoms with van der Waals surface area (Å²) < 4.78 is 0. The fourth-order valence-corrected chi connectivity index (χ4v) is 4.37. The van der Waals surface area contributed by atoms with Crippen LogP contribution in [0.25, 0.3) is 0 Å². The van der Waals surface area contributed by atoms with Crippen LogP contribution in [0.5, 0.6) is 0 Å². The van der Waals surface area contributed by atoms with Crippen molar-refractivity contribution in [3.63, 3.8) is 0 Å². The van der Waals surface area contributed by atoms with Gasteiger partial charge in [0.25, 0.3) is 11.8 Å². The highest BCUT2D eigenvalue weighted by Gasteiger charge is 2.24. The second-order valence-electron chi connectivity index (χ2n) is 10.6. The van der Waals surface area contributed by atoms with E-state index in [9.17, 15) is 14.7 Å². The Hall–Kier alpha value is -2.70. The zero-order valence-electron chi connectivity index (χ0n) is 23.6. The van der Waals surface area contributed by atoms with Gasteiger partial charge in [-0.1, -0.05) is 57.5 Å². The predicted octanol–water partition coefficient (Wildman–Crippen LogP) is 4.90. The van der Waals surface area contributed by atoms with Gasteiger partial charge in [-0.05, 0) is 81.3 Å². The lowest BCUT2D eigenvalue weighted by molar-refractivity contribution is 0.0755. The molecule has 2 amide bonds. The van der Waals surface area contributed by atoms with E-state index in [0.717, 1.165) is 42.5 Å². The number of aliphatic hydroxyl groups excluding tert-OH is 1. The number of rotatable bonds is 15. The van der Waals surface area contributed by atoms with Crippen molar-refractivity contribution in [2.24, 2.45) is 5.92 Å². The third kappa shape index (κ3) is 10.3. The number of carbonyl (C=O) groups is 2. The third-order valence-corrected chi connectivity index (χ3v) is 6.47. The van der Waals surface area contributed by atoms with Crippen molar-refractivity contribution in [1.82, 2.24) is 15.5 Å². The van der Waals surface area contributed by atoms with Crippen LogP contribution in [0.4, 0.5) is 0 Å². The molecule has 2 aromatic carbocycles. The van der Waals surface area contributed by atoms with Gasteiger partial charge in [-0.15, -0.1) is 0 Å². The van der Waals surface area contributed by atoms with Crippen molar-refractivity contribution < 1.29 is 14.7 Å². The van der Waals surface area contributed by atoms with Gasteiger partial charge in [0.1, 0.15) is 0 Å². The van der Waals surface area contributed by atoms with Crippen molar-refractivity contribution >= 4 is 11.8 Å². The van der Waals surface area contributed by atoms with Gasteiger partial charge in [-0.3, -0.25) is 9.59 Å². The molecule has 0 aliphatic rings. The summed E-state index contributed by atoms with van der Waals surface area (Å²) >= 11 is 0. The van der Waals surface area contributed by atoms with Crippen LogP contribution in [0.2, 0.25) is 0 Å². The Kier molecular flexibility index (Phi) is 12.8. The Morgan fingerprint density at radius 1 is 0.919 bits per heavy atom. The van der Waals surface area contributed by atoms with Crippen LogP contribution in [-0.2, 0) is 6.42 Å². The molecule has 3 N–H and O–H groups in total. The van der Waals surface area contributed by atoms with Crippen molar-refractivity contribution in [1.29, 1.82) is 0 Å². The van der Waals surface area contributed by atoms with E-state index in [1.807, 2.05) is 49.1 Å². The van der Waals surface area contributed by atoms with Gasteiger partial charge in [0.15, 0.2) is 0 Å². The fourth-order valence-electron chi connectivity index (χ4n) is 4.37. The maximum absolute atomic E-state index is 13.4. The lowest BCUT2D eigenvalue weighted by Crippen LogP contribution is -2.49. The first kappa shape index (κ1) is 30.5. The Bertz CT molecular complexity index is 982. The first-order chi connectivity index (χ1) is 17.6. The lowest BCUT2D eigenvalue weighted by Gasteiger charge is -2.25. The molecule has 0 fully saturated rings. The largest absolute Gasteiger partial charge is 0.390 e. The summed E-state index contributed by atoms with van der Waals surface area (Å²) in [6.45, 7) is 15.0. The molecular formula is C31H47N3O3. The summed E-state index contributed by atoms with van der Waals surface area (Å²) in [5.74, 6) is 0.247. The average Bonchev–Trinajstić information content (AvgIpc) is 2.86. The molecule has 0 unspecified atom stereocenters. The summed E-state index contributed by atoms with van der Waals surface area (Å²) in [4.78, 5) is 28.4. The summed E-state index contributed by atoms with van der Waals surface area (Å²) in [6, 6.07) is 13.0. The van der Waals surface area contributed by atoms with Crippen LogP contribution < -0.4 is 10.6 Å². The molecule has 204 valence electrons. The summed E-state index contributed by atoms with van der Waals surface area (Å²) in [6.07, 6.45) is 2.54. The first-order valence-corrected chi connectivity index (χ1v) is 13.8. The fraction of sp³-hybridized carbons (Fsp3) is 0.548. The highest BCUT2D eigenvalue weighted by molar-refractivity contribution is 6.00. The minimum absolute atomic E-state index is 0.0490. The number of nitrogens with zero attached hydrogens (tertiary/aromatic N) is 1. The number of hydrogen-bond donors (Lipinski definition) is 3. The quantitative estimate of drug-likeness (QED) is 0.298. The van der Waals surface area contributed by atoms with E-state index >= 15 is 0 Å². The number of nitrogens with one attached hydrogen (secondary N) is 2. The molecule has 0 aliphatic heterocycles. The van der Waals surface area contributed by atoms with Crippen LogP contribution in [0, 0.1) is 19.8 Å². The van der Waals surface area contributed by atoms with E-state index in [4.69, 9.17) is 0 Å². The molecule has 6 heteroatoms. The van der Waals surface area contributed by atoms with Crippen molar-refractivity contribution in [2.75, 3.05) is 26.2 Å². The molecule has 0 saturated heterocycles.